The maximum Gasteiger partial charge on any atom is 0.125 e. The quantitative estimate of drug-likeness (QED) is 0.861. The van der Waals surface area contributed by atoms with E-state index < -0.39 is 0 Å². The highest BCUT2D eigenvalue weighted by molar-refractivity contribution is 6.35. The molecule has 0 fully saturated rings. The van der Waals surface area contributed by atoms with E-state index in [-0.39, 0.29) is 5.82 Å². The largest absolute Gasteiger partial charge is 0.387 e. The lowest BCUT2D eigenvalue weighted by Gasteiger charge is -2.21. The maximum atomic E-state index is 13.5. The summed E-state index contributed by atoms with van der Waals surface area (Å²) in [5.74, 6) is -0.359. The number of halogens is 2. The second-order valence-electron chi connectivity index (χ2n) is 4.25. The van der Waals surface area contributed by atoms with Crippen molar-refractivity contribution in [3.63, 3.8) is 0 Å². The fourth-order valence-corrected chi connectivity index (χ4v) is 2.62. The lowest BCUT2D eigenvalue weighted by Crippen LogP contribution is -2.14. The molecule has 2 heterocycles. The Hall–Kier alpha value is -1.39. The molecule has 3 rings (SSSR count). The Morgan fingerprint density at radius 3 is 3.06 bits per heavy atom. The van der Waals surface area contributed by atoms with E-state index in [1.165, 1.54) is 12.1 Å². The van der Waals surface area contributed by atoms with Crippen molar-refractivity contribution >= 4 is 28.2 Å². The Morgan fingerprint density at radius 1 is 1.44 bits per heavy atom. The van der Waals surface area contributed by atoms with Gasteiger partial charge in [0.1, 0.15) is 5.82 Å². The van der Waals surface area contributed by atoms with E-state index in [4.69, 9.17) is 16.3 Å². The summed E-state index contributed by atoms with van der Waals surface area (Å²) in [5.41, 5.74) is 3.48. The smallest absolute Gasteiger partial charge is 0.125 e. The summed E-state index contributed by atoms with van der Waals surface area (Å²) in [6, 6.07) is 2.75. The third-order valence-corrected chi connectivity index (χ3v) is 3.46. The monoisotopic (exact) mass is 266 g/mol. The molecule has 3 nitrogen and oxygen atoms in total. The summed E-state index contributed by atoms with van der Waals surface area (Å²) in [4.78, 5) is 4.55. The standard InChI is InChI=1S/C13H12ClFN2O/c1-16-12-8-4-7(15)5-10(14)13(8)17-11-2-3-18-6-9(11)12/h4-5H,2-3,6H2,1H3,(H,16,17). The van der Waals surface area contributed by atoms with Crippen LogP contribution in [0.25, 0.3) is 10.9 Å². The van der Waals surface area contributed by atoms with Crippen LogP contribution in [0.5, 0.6) is 0 Å². The molecule has 1 aliphatic heterocycles. The van der Waals surface area contributed by atoms with Crippen LogP contribution in [0.4, 0.5) is 10.1 Å². The van der Waals surface area contributed by atoms with Gasteiger partial charge in [0.05, 0.1) is 35.1 Å². The van der Waals surface area contributed by atoms with Crippen LogP contribution < -0.4 is 5.32 Å². The van der Waals surface area contributed by atoms with E-state index in [1.54, 1.807) is 0 Å². The number of nitrogens with one attached hydrogen (secondary N) is 1. The summed E-state index contributed by atoms with van der Waals surface area (Å²) in [6.07, 6.45) is 0.758. The molecule has 1 aromatic heterocycles. The number of hydrogen-bond acceptors (Lipinski definition) is 3. The number of benzene rings is 1. The molecule has 94 valence electrons. The van der Waals surface area contributed by atoms with Gasteiger partial charge in [-0.3, -0.25) is 4.98 Å². The molecule has 0 saturated heterocycles. The fraction of sp³-hybridized carbons (Fsp3) is 0.308. The number of rotatable bonds is 1. The van der Waals surface area contributed by atoms with E-state index in [9.17, 15) is 4.39 Å². The summed E-state index contributed by atoms with van der Waals surface area (Å²) in [7, 11) is 1.81. The molecular formula is C13H12ClFN2O. The first kappa shape index (κ1) is 11.7. The molecule has 0 spiro atoms. The first-order valence-corrected chi connectivity index (χ1v) is 6.14. The molecule has 0 bridgehead atoms. The molecule has 1 N–H and O–H groups in total. The average molecular weight is 267 g/mol. The molecular weight excluding hydrogens is 255 g/mol. The number of anilines is 1. The summed E-state index contributed by atoms with van der Waals surface area (Å²) in [6.45, 7) is 1.16. The fourth-order valence-electron chi connectivity index (χ4n) is 2.37. The number of nitrogens with zero attached hydrogens (tertiary/aromatic N) is 1. The van der Waals surface area contributed by atoms with Crippen molar-refractivity contribution in [2.24, 2.45) is 0 Å². The van der Waals surface area contributed by atoms with Crippen molar-refractivity contribution in [2.45, 2.75) is 13.0 Å². The minimum absolute atomic E-state index is 0.343. The van der Waals surface area contributed by atoms with Crippen LogP contribution in [-0.2, 0) is 17.8 Å². The highest BCUT2D eigenvalue weighted by Crippen LogP contribution is 2.34. The zero-order chi connectivity index (χ0) is 12.7. The number of aromatic nitrogens is 1. The van der Waals surface area contributed by atoms with E-state index in [2.05, 4.69) is 10.3 Å². The molecule has 5 heteroatoms. The maximum absolute atomic E-state index is 13.5. The van der Waals surface area contributed by atoms with Crippen molar-refractivity contribution in [1.82, 2.24) is 4.98 Å². The Morgan fingerprint density at radius 2 is 2.28 bits per heavy atom. The van der Waals surface area contributed by atoms with E-state index in [0.29, 0.717) is 29.1 Å². The van der Waals surface area contributed by atoms with Gasteiger partial charge in [-0.1, -0.05) is 11.6 Å². The second-order valence-corrected chi connectivity index (χ2v) is 4.66. The Labute approximate surface area is 109 Å². The highest BCUT2D eigenvalue weighted by Gasteiger charge is 2.19. The van der Waals surface area contributed by atoms with Crippen LogP contribution in [0, 0.1) is 5.82 Å². The number of fused-ring (bicyclic) bond motifs is 2. The van der Waals surface area contributed by atoms with E-state index in [0.717, 1.165) is 23.4 Å². The van der Waals surface area contributed by atoms with E-state index >= 15 is 0 Å². The van der Waals surface area contributed by atoms with Crippen molar-refractivity contribution < 1.29 is 9.13 Å². The predicted molar refractivity (Wildman–Crippen MR) is 69.6 cm³/mol. The molecule has 1 aromatic carbocycles. The van der Waals surface area contributed by atoms with Crippen LogP contribution in [0.3, 0.4) is 0 Å². The molecule has 0 aliphatic carbocycles. The van der Waals surface area contributed by atoms with Gasteiger partial charge in [-0.05, 0) is 12.1 Å². The minimum atomic E-state index is -0.359. The van der Waals surface area contributed by atoms with Crippen LogP contribution in [0.2, 0.25) is 5.02 Å². The molecule has 0 atom stereocenters. The Balaban J connectivity index is 2.40. The average Bonchev–Trinajstić information content (AvgIpc) is 2.36. The van der Waals surface area contributed by atoms with Gasteiger partial charge in [-0.25, -0.2) is 4.39 Å². The predicted octanol–water partition coefficient (Wildman–Crippen LogP) is 3.14. The summed E-state index contributed by atoms with van der Waals surface area (Å²) >= 11 is 6.07. The summed E-state index contributed by atoms with van der Waals surface area (Å²) in [5, 5.41) is 4.15. The lowest BCUT2D eigenvalue weighted by atomic mass is 10.0. The van der Waals surface area contributed by atoms with Crippen molar-refractivity contribution in [3.05, 3.63) is 34.2 Å². The Kier molecular flexibility index (Phi) is 2.84. The van der Waals surface area contributed by atoms with Crippen molar-refractivity contribution in [3.8, 4) is 0 Å². The van der Waals surface area contributed by atoms with Gasteiger partial charge in [-0.2, -0.15) is 0 Å². The Bertz CT molecular complexity index is 630. The second kappa shape index (κ2) is 4.37. The molecule has 2 aromatic rings. The lowest BCUT2D eigenvalue weighted by molar-refractivity contribution is 0.110. The van der Waals surface area contributed by atoms with Crippen LogP contribution >= 0.6 is 11.6 Å². The highest BCUT2D eigenvalue weighted by atomic mass is 35.5. The zero-order valence-corrected chi connectivity index (χ0v) is 10.6. The number of hydrogen-bond donors (Lipinski definition) is 1. The molecule has 0 unspecified atom stereocenters. The van der Waals surface area contributed by atoms with Gasteiger partial charge in [0.15, 0.2) is 0 Å². The molecule has 0 amide bonds. The SMILES string of the molecule is CNc1c2c(nc3c(Cl)cc(F)cc13)CCOC2. The van der Waals surface area contributed by atoms with Gasteiger partial charge in [0.2, 0.25) is 0 Å². The normalized spacial score (nSPS) is 14.6. The summed E-state index contributed by atoms with van der Waals surface area (Å²) < 4.78 is 18.9. The minimum Gasteiger partial charge on any atom is -0.387 e. The van der Waals surface area contributed by atoms with Crippen LogP contribution in [-0.4, -0.2) is 18.6 Å². The van der Waals surface area contributed by atoms with Gasteiger partial charge in [0.25, 0.3) is 0 Å². The van der Waals surface area contributed by atoms with Gasteiger partial charge in [-0.15, -0.1) is 0 Å². The van der Waals surface area contributed by atoms with Crippen molar-refractivity contribution in [2.75, 3.05) is 19.0 Å². The third kappa shape index (κ3) is 1.72. The van der Waals surface area contributed by atoms with Crippen molar-refractivity contribution in [1.29, 1.82) is 0 Å². The third-order valence-electron chi connectivity index (χ3n) is 3.17. The van der Waals surface area contributed by atoms with Gasteiger partial charge in [0, 0.05) is 24.4 Å². The number of ether oxygens (including phenoxy) is 1. The molecule has 0 saturated carbocycles. The van der Waals surface area contributed by atoms with Crippen LogP contribution in [0.1, 0.15) is 11.3 Å². The topological polar surface area (TPSA) is 34.2 Å². The van der Waals surface area contributed by atoms with Crippen LogP contribution in [0.15, 0.2) is 12.1 Å². The molecule has 1 aliphatic rings. The molecule has 18 heavy (non-hydrogen) atoms. The number of pyridine rings is 1. The first-order chi connectivity index (χ1) is 8.70. The van der Waals surface area contributed by atoms with Gasteiger partial charge >= 0.3 is 0 Å². The molecule has 0 radical (unpaired) electrons. The first-order valence-electron chi connectivity index (χ1n) is 5.76. The zero-order valence-electron chi connectivity index (χ0n) is 9.89. The van der Waals surface area contributed by atoms with E-state index in [1.807, 2.05) is 7.05 Å². The van der Waals surface area contributed by atoms with Gasteiger partial charge < -0.3 is 10.1 Å².